The molecule has 0 aromatic carbocycles. The molecule has 0 unspecified atom stereocenters. The molecule has 0 saturated carbocycles. The fraction of sp³-hybridized carbons (Fsp3) is 1.00. The lowest BCUT2D eigenvalue weighted by molar-refractivity contribution is 0.0779. The van der Waals surface area contributed by atoms with Crippen LogP contribution in [0.25, 0.3) is 0 Å². The Bertz CT molecular complexity index is 322. The van der Waals surface area contributed by atoms with E-state index in [9.17, 15) is 0 Å². The van der Waals surface area contributed by atoms with Crippen molar-refractivity contribution in [2.24, 2.45) is 0 Å². The van der Waals surface area contributed by atoms with Crippen LogP contribution in [0, 0.1) is 0 Å². The zero-order valence-electron chi connectivity index (χ0n) is 20.8. The second-order valence-corrected chi connectivity index (χ2v) is 13.5. The van der Waals surface area contributed by atoms with Gasteiger partial charge in [0.1, 0.15) is 0 Å². The van der Waals surface area contributed by atoms with Gasteiger partial charge in [0, 0.05) is 39.6 Å². The molecule has 31 heavy (non-hydrogen) atoms. The second kappa shape index (κ2) is 23.9. The minimum Gasteiger partial charge on any atom is -0.362 e. The molecule has 0 spiro atoms. The third-order valence-electron chi connectivity index (χ3n) is 3.75. The van der Waals surface area contributed by atoms with Gasteiger partial charge < -0.3 is 26.6 Å². The number of rotatable bonds is 21. The molecule has 6 nitrogen and oxygen atoms in total. The highest BCUT2D eigenvalue weighted by Crippen LogP contribution is 2.17. The van der Waals surface area contributed by atoms with Gasteiger partial charge in [0.25, 0.3) is 0 Å². The van der Waals surface area contributed by atoms with Crippen molar-refractivity contribution in [3.8, 4) is 0 Å². The van der Waals surface area contributed by atoms with Gasteiger partial charge >= 0.3 is 16.2 Å². The molecule has 190 valence electrons. The van der Waals surface area contributed by atoms with E-state index in [-0.39, 0.29) is 0 Å². The Hall–Kier alpha value is 0.774. The van der Waals surface area contributed by atoms with Gasteiger partial charge in [-0.3, -0.25) is 0 Å². The monoisotopic (exact) mass is 522 g/mol. The minimum absolute atomic E-state index is 0.600. The van der Waals surface area contributed by atoms with Crippen molar-refractivity contribution < 1.29 is 26.6 Å². The maximum absolute atomic E-state index is 6.32. The van der Waals surface area contributed by atoms with E-state index in [1.54, 1.807) is 0 Å². The van der Waals surface area contributed by atoms with Crippen LogP contribution in [0.2, 0.25) is 0 Å². The van der Waals surface area contributed by atoms with Crippen LogP contribution in [-0.4, -0.2) is 55.9 Å². The molecule has 0 bridgehead atoms. The number of hydrogen-bond acceptors (Lipinski definition) is 6. The maximum Gasteiger partial charge on any atom is 0.613 e. The second-order valence-electron chi connectivity index (χ2n) is 7.11. The number of halogens is 2. The van der Waals surface area contributed by atoms with Crippen molar-refractivity contribution in [2.75, 3.05) is 39.6 Å². The van der Waals surface area contributed by atoms with E-state index in [4.69, 9.17) is 48.7 Å². The van der Waals surface area contributed by atoms with Crippen LogP contribution in [0.1, 0.15) is 99.3 Å². The van der Waals surface area contributed by atoms with Crippen LogP contribution in [0.15, 0.2) is 0 Å². The van der Waals surface area contributed by atoms with Crippen LogP contribution in [-0.2, 0) is 26.6 Å². The van der Waals surface area contributed by atoms with Gasteiger partial charge in [0.2, 0.25) is 0 Å². The summed E-state index contributed by atoms with van der Waals surface area (Å²) in [4.78, 5) is 0. The largest absolute Gasteiger partial charge is 0.613 e. The summed E-state index contributed by atoms with van der Waals surface area (Å²) in [6.07, 6.45) is 9.02. The summed E-state index contributed by atoms with van der Waals surface area (Å²) in [6.45, 7) is 16.2. The van der Waals surface area contributed by atoms with E-state index >= 15 is 0 Å². The van der Waals surface area contributed by atoms with Gasteiger partial charge in [0.15, 0.2) is 0 Å². The van der Waals surface area contributed by atoms with E-state index in [0.29, 0.717) is 39.6 Å². The Balaban J connectivity index is 0. The lowest BCUT2D eigenvalue weighted by Gasteiger charge is -2.23. The normalized spacial score (nSPS) is 12.0. The molecule has 0 heterocycles. The SMILES string of the molecule is CCCCO[Si](Cl)(OCCCC)OCCCC.CCCO[Si](Cl)(OCCC)OCCC. The first-order chi connectivity index (χ1) is 14.9. The molecule has 0 aromatic rings. The van der Waals surface area contributed by atoms with Crippen molar-refractivity contribution in [1.29, 1.82) is 0 Å². The Morgan fingerprint density at radius 2 is 0.613 bits per heavy atom. The highest BCUT2D eigenvalue weighted by molar-refractivity contribution is 7.09. The summed E-state index contributed by atoms with van der Waals surface area (Å²) in [5, 5.41) is 0. The quantitative estimate of drug-likeness (QED) is 0.0913. The average Bonchev–Trinajstić information content (AvgIpc) is 2.76. The summed E-state index contributed by atoms with van der Waals surface area (Å²) in [5.41, 5.74) is 0. The molecule has 10 heteroatoms. The third kappa shape index (κ3) is 22.3. The van der Waals surface area contributed by atoms with Crippen molar-refractivity contribution in [3.05, 3.63) is 0 Å². The molecule has 0 aromatic heterocycles. The molecule has 0 fully saturated rings. The third-order valence-corrected chi connectivity index (χ3v) is 9.01. The first kappa shape index (κ1) is 33.9. The van der Waals surface area contributed by atoms with E-state index in [2.05, 4.69) is 20.8 Å². The molecule has 0 amide bonds. The highest BCUT2D eigenvalue weighted by Gasteiger charge is 2.40. The predicted molar refractivity (Wildman–Crippen MR) is 135 cm³/mol. The molecular weight excluding hydrogens is 475 g/mol. The van der Waals surface area contributed by atoms with Crippen LogP contribution in [0.5, 0.6) is 0 Å². The van der Waals surface area contributed by atoms with Crippen LogP contribution in [0.3, 0.4) is 0 Å². The van der Waals surface area contributed by atoms with Gasteiger partial charge in [-0.15, -0.1) is 0 Å². The molecule has 0 aliphatic carbocycles. The Morgan fingerprint density at radius 1 is 0.387 bits per heavy atom. The van der Waals surface area contributed by atoms with Crippen molar-refractivity contribution in [1.82, 2.24) is 0 Å². The molecule has 0 saturated heterocycles. The van der Waals surface area contributed by atoms with Crippen LogP contribution < -0.4 is 0 Å². The van der Waals surface area contributed by atoms with E-state index in [0.717, 1.165) is 57.8 Å². The van der Waals surface area contributed by atoms with Gasteiger partial charge in [-0.05, 0) is 38.5 Å². The van der Waals surface area contributed by atoms with E-state index < -0.39 is 16.2 Å². The van der Waals surface area contributed by atoms with Gasteiger partial charge in [-0.1, -0.05) is 83.0 Å². The Labute approximate surface area is 203 Å². The standard InChI is InChI=1S/C12H27ClO3Si.C9H21ClO3Si/c1-4-7-10-14-17(13,15-11-8-5-2)16-12-9-6-3;1-4-7-11-14(10,12-8-5-2)13-9-6-3/h4-12H2,1-3H3;4-9H2,1-3H3. The van der Waals surface area contributed by atoms with Gasteiger partial charge in [-0.2, -0.15) is 0 Å². The van der Waals surface area contributed by atoms with Crippen molar-refractivity contribution >= 4 is 38.4 Å². The minimum atomic E-state index is -2.89. The van der Waals surface area contributed by atoms with Crippen LogP contribution >= 0.6 is 22.2 Å². The van der Waals surface area contributed by atoms with Gasteiger partial charge in [-0.25, -0.2) is 0 Å². The fourth-order valence-corrected chi connectivity index (χ4v) is 6.33. The molecular formula is C21H48Cl2O6Si2. The summed E-state index contributed by atoms with van der Waals surface area (Å²) in [5.74, 6) is 0. The molecule has 0 atom stereocenters. The fourth-order valence-electron chi connectivity index (χ4n) is 1.94. The number of unbranched alkanes of at least 4 members (excludes halogenated alkanes) is 3. The average molecular weight is 524 g/mol. The lowest BCUT2D eigenvalue weighted by Crippen LogP contribution is -2.41. The maximum atomic E-state index is 6.32. The Morgan fingerprint density at radius 3 is 0.806 bits per heavy atom. The zero-order valence-corrected chi connectivity index (χ0v) is 24.3. The van der Waals surface area contributed by atoms with Crippen molar-refractivity contribution in [3.63, 3.8) is 0 Å². The van der Waals surface area contributed by atoms with Crippen LogP contribution in [0.4, 0.5) is 0 Å². The summed E-state index contributed by atoms with van der Waals surface area (Å²) < 4.78 is 33.2. The summed E-state index contributed by atoms with van der Waals surface area (Å²) in [7, 11) is -5.73. The lowest BCUT2D eigenvalue weighted by atomic mass is 10.4. The Kier molecular flexibility index (Phi) is 26.2. The first-order valence-electron chi connectivity index (χ1n) is 12.1. The molecule has 0 aliphatic rings. The molecule has 0 N–H and O–H groups in total. The smallest absolute Gasteiger partial charge is 0.362 e. The van der Waals surface area contributed by atoms with Gasteiger partial charge in [0.05, 0.1) is 0 Å². The molecule has 0 rings (SSSR count). The first-order valence-corrected chi connectivity index (χ1v) is 17.6. The summed E-state index contributed by atoms with van der Waals surface area (Å²) in [6, 6.07) is 0. The zero-order chi connectivity index (χ0) is 23.8. The van der Waals surface area contributed by atoms with E-state index in [1.807, 2.05) is 20.8 Å². The highest BCUT2D eigenvalue weighted by atomic mass is 35.6. The molecule has 0 aliphatic heterocycles. The molecule has 0 radical (unpaired) electrons. The predicted octanol–water partition coefficient (Wildman–Crippen LogP) is 7.05. The summed E-state index contributed by atoms with van der Waals surface area (Å²) >= 11 is 12.5. The number of hydrogen-bond donors (Lipinski definition) is 0. The van der Waals surface area contributed by atoms with E-state index in [1.165, 1.54) is 0 Å². The van der Waals surface area contributed by atoms with Crippen molar-refractivity contribution in [2.45, 2.75) is 99.3 Å². The topological polar surface area (TPSA) is 55.4 Å².